The van der Waals surface area contributed by atoms with Crippen molar-refractivity contribution in [3.63, 3.8) is 0 Å². The number of amides is 1. The van der Waals surface area contributed by atoms with Crippen molar-refractivity contribution in [2.45, 2.75) is 25.7 Å². The van der Waals surface area contributed by atoms with E-state index in [1.54, 1.807) is 25.3 Å². The molecule has 0 spiro atoms. The van der Waals surface area contributed by atoms with Crippen molar-refractivity contribution in [2.24, 2.45) is 0 Å². The van der Waals surface area contributed by atoms with Crippen molar-refractivity contribution in [3.8, 4) is 18.1 Å². The van der Waals surface area contributed by atoms with Gasteiger partial charge in [0, 0.05) is 0 Å². The van der Waals surface area contributed by atoms with Gasteiger partial charge in [0.2, 0.25) is 0 Å². The number of thiophene rings is 1. The van der Waals surface area contributed by atoms with Gasteiger partial charge in [-0.25, -0.2) is 0 Å². The smallest absolute Gasteiger partial charge is 0.266 e. The highest BCUT2D eigenvalue weighted by Gasteiger charge is 2.23. The van der Waals surface area contributed by atoms with E-state index in [1.807, 2.05) is 0 Å². The molecule has 1 N–H and O–H groups in total. The van der Waals surface area contributed by atoms with Gasteiger partial charge in [-0.1, -0.05) is 5.92 Å². The molecule has 1 fully saturated rings. The highest BCUT2D eigenvalue weighted by Crippen LogP contribution is 2.26. The first-order valence-electron chi connectivity index (χ1n) is 6.25. The maximum absolute atomic E-state index is 12.2. The molecule has 108 valence electrons. The molecule has 0 saturated carbocycles. The lowest BCUT2D eigenvalue weighted by Gasteiger charge is -2.19. The standard InChI is InChI=1S/C14H17NO4S/c1-4-14(2,3)15-13(16)12-10(5-8-20-12)19-9-11-17-6-7-18-11/h1,5,8,11H,6-7,9H2,2-3H3,(H,15,16). The highest BCUT2D eigenvalue weighted by atomic mass is 32.1. The number of hydrogen-bond acceptors (Lipinski definition) is 5. The van der Waals surface area contributed by atoms with E-state index in [4.69, 9.17) is 20.6 Å². The zero-order chi connectivity index (χ0) is 14.6. The second-order valence-corrected chi connectivity index (χ2v) is 5.74. The molecule has 1 aliphatic rings. The monoisotopic (exact) mass is 295 g/mol. The Morgan fingerprint density at radius 3 is 2.95 bits per heavy atom. The summed E-state index contributed by atoms with van der Waals surface area (Å²) >= 11 is 1.30. The number of nitrogens with one attached hydrogen (secondary N) is 1. The Morgan fingerprint density at radius 1 is 1.60 bits per heavy atom. The quantitative estimate of drug-likeness (QED) is 0.839. The molecule has 2 heterocycles. The van der Waals surface area contributed by atoms with Crippen LogP contribution in [0.1, 0.15) is 23.5 Å². The number of rotatable bonds is 5. The predicted molar refractivity (Wildman–Crippen MR) is 75.9 cm³/mol. The topological polar surface area (TPSA) is 56.8 Å². The zero-order valence-electron chi connectivity index (χ0n) is 11.5. The second-order valence-electron chi connectivity index (χ2n) is 4.82. The van der Waals surface area contributed by atoms with Crippen LogP contribution >= 0.6 is 11.3 Å². The van der Waals surface area contributed by atoms with Gasteiger partial charge in [0.05, 0.1) is 18.8 Å². The second kappa shape index (κ2) is 6.27. The van der Waals surface area contributed by atoms with E-state index in [-0.39, 0.29) is 18.8 Å². The number of terminal acetylenes is 1. The normalized spacial score (nSPS) is 15.8. The van der Waals surface area contributed by atoms with Gasteiger partial charge in [0.15, 0.2) is 6.29 Å². The van der Waals surface area contributed by atoms with Crippen LogP contribution in [0.2, 0.25) is 0 Å². The van der Waals surface area contributed by atoms with Crippen LogP contribution in [0, 0.1) is 12.3 Å². The summed E-state index contributed by atoms with van der Waals surface area (Å²) in [7, 11) is 0. The molecule has 0 radical (unpaired) electrons. The third kappa shape index (κ3) is 3.73. The van der Waals surface area contributed by atoms with E-state index in [1.165, 1.54) is 11.3 Å². The maximum Gasteiger partial charge on any atom is 0.266 e. The van der Waals surface area contributed by atoms with E-state index in [0.717, 1.165) is 0 Å². The fraction of sp³-hybridized carbons (Fsp3) is 0.500. The lowest BCUT2D eigenvalue weighted by Crippen LogP contribution is -2.41. The SMILES string of the molecule is C#CC(C)(C)NC(=O)c1sccc1OCC1OCCO1. The summed E-state index contributed by atoms with van der Waals surface area (Å²) in [6, 6.07) is 1.75. The first-order chi connectivity index (χ1) is 9.52. The lowest BCUT2D eigenvalue weighted by atomic mass is 10.1. The minimum atomic E-state index is -0.698. The molecule has 0 unspecified atom stereocenters. The summed E-state index contributed by atoms with van der Waals surface area (Å²) in [6.07, 6.45) is 4.99. The average Bonchev–Trinajstić information content (AvgIpc) is 3.07. The number of carbonyl (C=O) groups excluding carboxylic acids is 1. The van der Waals surface area contributed by atoms with Crippen molar-refractivity contribution in [2.75, 3.05) is 19.8 Å². The first-order valence-corrected chi connectivity index (χ1v) is 7.13. The number of carbonyl (C=O) groups is 1. The Hall–Kier alpha value is -1.55. The van der Waals surface area contributed by atoms with Gasteiger partial charge in [-0.3, -0.25) is 4.79 Å². The molecule has 1 aromatic rings. The molecule has 1 aromatic heterocycles. The fourth-order valence-electron chi connectivity index (χ4n) is 1.61. The Balaban J connectivity index is 1.97. The summed E-state index contributed by atoms with van der Waals surface area (Å²) in [5.41, 5.74) is -0.698. The van der Waals surface area contributed by atoms with Crippen molar-refractivity contribution in [1.29, 1.82) is 0 Å². The first kappa shape index (κ1) is 14.9. The number of hydrogen-bond donors (Lipinski definition) is 1. The molecule has 0 aromatic carbocycles. The Morgan fingerprint density at radius 2 is 2.30 bits per heavy atom. The van der Waals surface area contributed by atoms with E-state index in [2.05, 4.69) is 11.2 Å². The van der Waals surface area contributed by atoms with Gasteiger partial charge < -0.3 is 19.5 Å². The van der Waals surface area contributed by atoms with Crippen molar-refractivity contribution in [3.05, 3.63) is 16.3 Å². The Labute approximate surface area is 122 Å². The number of ether oxygens (including phenoxy) is 3. The Kier molecular flexibility index (Phi) is 4.65. The molecule has 1 amide bonds. The van der Waals surface area contributed by atoms with Gasteiger partial charge >= 0.3 is 0 Å². The summed E-state index contributed by atoms with van der Waals surface area (Å²) in [5.74, 6) is 2.79. The molecule has 1 aliphatic heterocycles. The van der Waals surface area contributed by atoms with Crippen LogP contribution in [0.15, 0.2) is 11.4 Å². The zero-order valence-corrected chi connectivity index (χ0v) is 12.3. The molecule has 20 heavy (non-hydrogen) atoms. The molecule has 2 rings (SSSR count). The lowest BCUT2D eigenvalue weighted by molar-refractivity contribution is -0.0684. The molecule has 0 atom stereocenters. The average molecular weight is 295 g/mol. The van der Waals surface area contributed by atoms with E-state index in [9.17, 15) is 4.79 Å². The minimum absolute atomic E-state index is 0.244. The minimum Gasteiger partial charge on any atom is -0.487 e. The molecule has 6 heteroatoms. The molecular formula is C14H17NO4S. The van der Waals surface area contributed by atoms with Crippen LogP contribution in [0.25, 0.3) is 0 Å². The van der Waals surface area contributed by atoms with E-state index < -0.39 is 5.54 Å². The van der Waals surface area contributed by atoms with E-state index in [0.29, 0.717) is 23.8 Å². The van der Waals surface area contributed by atoms with Crippen molar-refractivity contribution < 1.29 is 19.0 Å². The fourth-order valence-corrected chi connectivity index (χ4v) is 2.34. The third-order valence-electron chi connectivity index (χ3n) is 2.69. The summed E-state index contributed by atoms with van der Waals surface area (Å²) in [6.45, 7) is 4.93. The molecule has 0 aliphatic carbocycles. The molecular weight excluding hydrogens is 278 g/mol. The molecule has 0 bridgehead atoms. The van der Waals surface area contributed by atoms with Gasteiger partial charge in [-0.15, -0.1) is 17.8 Å². The molecule has 1 saturated heterocycles. The van der Waals surface area contributed by atoms with Crippen LogP contribution in [0.3, 0.4) is 0 Å². The van der Waals surface area contributed by atoms with Crippen LogP contribution in [0.5, 0.6) is 5.75 Å². The van der Waals surface area contributed by atoms with Gasteiger partial charge in [0.25, 0.3) is 5.91 Å². The van der Waals surface area contributed by atoms with Crippen LogP contribution in [-0.4, -0.2) is 37.6 Å². The van der Waals surface area contributed by atoms with Gasteiger partial charge in [-0.2, -0.15) is 0 Å². The third-order valence-corrected chi connectivity index (χ3v) is 3.58. The molecule has 5 nitrogen and oxygen atoms in total. The summed E-state index contributed by atoms with van der Waals surface area (Å²) in [4.78, 5) is 12.7. The van der Waals surface area contributed by atoms with Gasteiger partial charge in [-0.05, 0) is 25.3 Å². The van der Waals surface area contributed by atoms with E-state index >= 15 is 0 Å². The summed E-state index contributed by atoms with van der Waals surface area (Å²) < 4.78 is 16.1. The van der Waals surface area contributed by atoms with Crippen molar-refractivity contribution >= 4 is 17.2 Å². The largest absolute Gasteiger partial charge is 0.487 e. The highest BCUT2D eigenvalue weighted by molar-refractivity contribution is 7.12. The predicted octanol–water partition coefficient (Wildman–Crippen LogP) is 1.64. The summed E-state index contributed by atoms with van der Waals surface area (Å²) in [5, 5.41) is 4.56. The maximum atomic E-state index is 12.2. The van der Waals surface area contributed by atoms with Crippen LogP contribution < -0.4 is 10.1 Å². The van der Waals surface area contributed by atoms with Crippen LogP contribution in [-0.2, 0) is 9.47 Å². The van der Waals surface area contributed by atoms with Crippen molar-refractivity contribution in [1.82, 2.24) is 5.32 Å². The van der Waals surface area contributed by atoms with Crippen LogP contribution in [0.4, 0.5) is 0 Å². The van der Waals surface area contributed by atoms with Gasteiger partial charge in [0.1, 0.15) is 17.2 Å². The Bertz CT molecular complexity index is 511.